The van der Waals surface area contributed by atoms with Crippen molar-refractivity contribution in [3.63, 3.8) is 0 Å². The normalized spacial score (nSPS) is 20.0. The van der Waals surface area contributed by atoms with E-state index in [-0.39, 0.29) is 70.1 Å². The molecular formula is C82H136N12O23. The molecule has 14 N–H and O–H groups in total. The van der Waals surface area contributed by atoms with Crippen molar-refractivity contribution in [3.05, 3.63) is 35.9 Å². The Morgan fingerprint density at radius 3 is 1.44 bits per heavy atom. The van der Waals surface area contributed by atoms with Crippen LogP contribution in [0.1, 0.15) is 246 Å². The first-order chi connectivity index (χ1) is 54.4. The highest BCUT2D eigenvalue weighted by Crippen LogP contribution is 2.22. The molecule has 0 radical (unpaired) electrons. The van der Waals surface area contributed by atoms with E-state index in [1.807, 2.05) is 13.8 Å². The number of carbonyl (C=O) groups excluding carboxylic acids is 16. The van der Waals surface area contributed by atoms with Gasteiger partial charge in [0.1, 0.15) is 52.7 Å². The highest BCUT2D eigenvalue weighted by molar-refractivity contribution is 5.99. The molecule has 0 aliphatic carbocycles. The summed E-state index contributed by atoms with van der Waals surface area (Å²) in [5, 5.41) is 53.8. The van der Waals surface area contributed by atoms with Crippen molar-refractivity contribution in [3.8, 4) is 0 Å². The number of hydrogen-bond acceptors (Lipinski definition) is 23. The molecule has 1 aromatic carbocycles. The average molecular weight is 1660 g/mol. The summed E-state index contributed by atoms with van der Waals surface area (Å²) in [5.41, 5.74) is -3.45. The van der Waals surface area contributed by atoms with Crippen molar-refractivity contribution < 1.29 is 111 Å². The standard InChI is InChI=1S/C82H136N12O23/c1-20-26-54(27-21-2)113-66(101)32-31-65(100)88-56(28-22-3)64(99)47-55(49(6)95)70(104)89-57(35-40-85-76(110)115-80(11,12)13)62(97)45-52-33-38-83-74(108)67(50(7)96)94-69(103)53(34-39-84-75(109)114-79(8,9)10)46-63(98)58(36-41-86-77(111)116-81(14,15)16)90-72(106)60(43-48(4)5)92-73(107)61(44-51-29-24-23-25-30-51)93-71(105)59(91-68(52)102)37-42-87-78(112)117-82(17,18)19/h23-25,29-30,48-50,52-61,67,95-96H,20-22,26-28,31-47H2,1-19H3,(H,83,108)(H,84,109)(H,85,110)(H,86,111)(H,87,112)(H,88,100)(H,89,104)(H,90,106)(H,91,102)(H,92,107)(H,93,105)(H,94,103)/t49?,50?,52-,53-,55+,56+,57+,58+,59+,60+,61-,67+/m1/s1. The molecule has 0 saturated carbocycles. The predicted octanol–water partition coefficient (Wildman–Crippen LogP) is 5.43. The summed E-state index contributed by atoms with van der Waals surface area (Å²) in [5.74, 6) is -16.0. The minimum absolute atomic E-state index is 0.0825. The van der Waals surface area contributed by atoms with E-state index >= 15 is 19.2 Å². The van der Waals surface area contributed by atoms with Crippen LogP contribution in [0.2, 0.25) is 0 Å². The lowest BCUT2D eigenvalue weighted by molar-refractivity contribution is -0.151. The number of nitrogens with one attached hydrogen (secondary N) is 12. The zero-order chi connectivity index (χ0) is 88.7. The Bertz CT molecular complexity index is 3430. The van der Waals surface area contributed by atoms with E-state index in [9.17, 15) is 67.7 Å². The fraction of sp³-hybridized carbons (Fsp3) is 0.732. The van der Waals surface area contributed by atoms with Crippen LogP contribution in [0.4, 0.5) is 19.2 Å². The molecule has 0 bridgehead atoms. The number of Topliss-reactive ketones (excluding diaryl/α,β-unsaturated/α-hetero) is 3. The molecule has 1 saturated heterocycles. The molecule has 0 aromatic heterocycles. The number of ether oxygens (including phenoxy) is 5. The van der Waals surface area contributed by atoms with Crippen LogP contribution < -0.4 is 63.8 Å². The Balaban J connectivity index is 3.06. The van der Waals surface area contributed by atoms with Crippen LogP contribution in [0.3, 0.4) is 0 Å². The topological polar surface area (TPSA) is 504 Å². The van der Waals surface area contributed by atoms with E-state index in [4.69, 9.17) is 23.7 Å². The van der Waals surface area contributed by atoms with Crippen molar-refractivity contribution in [1.29, 1.82) is 0 Å². The number of hydrogen-bond donors (Lipinski definition) is 14. The van der Waals surface area contributed by atoms with Gasteiger partial charge in [-0.25, -0.2) is 19.2 Å². The van der Waals surface area contributed by atoms with Gasteiger partial charge in [0.05, 0.1) is 42.7 Å². The third-order valence-electron chi connectivity index (χ3n) is 18.0. The Morgan fingerprint density at radius 2 is 0.949 bits per heavy atom. The fourth-order valence-corrected chi connectivity index (χ4v) is 12.3. The molecule has 2 unspecified atom stereocenters. The number of amides is 12. The highest BCUT2D eigenvalue weighted by atomic mass is 16.6. The van der Waals surface area contributed by atoms with Crippen LogP contribution in [0, 0.1) is 23.7 Å². The smallest absolute Gasteiger partial charge is 0.407 e. The lowest BCUT2D eigenvalue weighted by Gasteiger charge is -2.28. The monoisotopic (exact) mass is 1660 g/mol. The number of carbonyl (C=O) groups is 16. The van der Waals surface area contributed by atoms with E-state index in [0.29, 0.717) is 24.8 Å². The van der Waals surface area contributed by atoms with Gasteiger partial charge in [0.2, 0.25) is 47.3 Å². The Kier molecular flexibility index (Phi) is 45.1. The van der Waals surface area contributed by atoms with Gasteiger partial charge in [-0.05, 0) is 166 Å². The largest absolute Gasteiger partial charge is 0.462 e. The number of rotatable bonds is 37. The number of benzene rings is 1. The summed E-state index contributed by atoms with van der Waals surface area (Å²) in [4.78, 5) is 228. The van der Waals surface area contributed by atoms with Gasteiger partial charge in [-0.2, -0.15) is 0 Å². The van der Waals surface area contributed by atoms with Crippen molar-refractivity contribution in [2.45, 2.75) is 330 Å². The maximum Gasteiger partial charge on any atom is 0.407 e. The molecule has 662 valence electrons. The van der Waals surface area contributed by atoms with Crippen LogP contribution in [-0.2, 0) is 87.6 Å². The van der Waals surface area contributed by atoms with Gasteiger partial charge < -0.3 is 97.7 Å². The van der Waals surface area contributed by atoms with Crippen LogP contribution in [0.5, 0.6) is 0 Å². The van der Waals surface area contributed by atoms with E-state index in [0.717, 1.165) is 19.8 Å². The van der Waals surface area contributed by atoms with E-state index in [1.54, 1.807) is 134 Å². The first-order valence-corrected chi connectivity index (χ1v) is 40.9. The summed E-state index contributed by atoms with van der Waals surface area (Å²) in [6.45, 7) is 28.8. The second-order valence-electron chi connectivity index (χ2n) is 34.2. The van der Waals surface area contributed by atoms with Gasteiger partial charge in [0, 0.05) is 76.7 Å². The Morgan fingerprint density at radius 1 is 0.496 bits per heavy atom. The summed E-state index contributed by atoms with van der Waals surface area (Å²) in [7, 11) is 0. The number of ketones is 3. The van der Waals surface area contributed by atoms with Gasteiger partial charge in [0.15, 0.2) is 17.3 Å². The van der Waals surface area contributed by atoms with Gasteiger partial charge in [0.25, 0.3) is 0 Å². The predicted molar refractivity (Wildman–Crippen MR) is 433 cm³/mol. The Labute approximate surface area is 689 Å². The number of aliphatic hydroxyl groups excluding tert-OH is 2. The molecule has 35 heteroatoms. The first-order valence-electron chi connectivity index (χ1n) is 40.9. The van der Waals surface area contributed by atoms with Crippen LogP contribution in [0.25, 0.3) is 0 Å². The highest BCUT2D eigenvalue weighted by Gasteiger charge is 2.40. The quantitative estimate of drug-likeness (QED) is 0.0292. The average Bonchev–Trinajstić information content (AvgIpc) is 1.14. The molecule has 1 aliphatic heterocycles. The zero-order valence-electron chi connectivity index (χ0n) is 72.2. The van der Waals surface area contributed by atoms with E-state index in [1.165, 1.54) is 6.92 Å². The van der Waals surface area contributed by atoms with Gasteiger partial charge >= 0.3 is 30.3 Å². The van der Waals surface area contributed by atoms with Crippen molar-refractivity contribution >= 4 is 94.9 Å². The van der Waals surface area contributed by atoms with Crippen LogP contribution in [-0.4, -0.2) is 221 Å². The van der Waals surface area contributed by atoms with Crippen molar-refractivity contribution in [1.82, 2.24) is 63.8 Å². The molecule has 35 nitrogen and oxygen atoms in total. The van der Waals surface area contributed by atoms with E-state index < -0.39 is 248 Å². The summed E-state index contributed by atoms with van der Waals surface area (Å²) in [6, 6.07) is -2.78. The van der Waals surface area contributed by atoms with Gasteiger partial charge in [-0.15, -0.1) is 0 Å². The van der Waals surface area contributed by atoms with Crippen LogP contribution in [0.15, 0.2) is 30.3 Å². The summed E-state index contributed by atoms with van der Waals surface area (Å²) >= 11 is 0. The Hall–Kier alpha value is -9.54. The lowest BCUT2D eigenvalue weighted by Crippen LogP contribution is -2.59. The number of alkyl carbamates (subject to hydrolysis) is 4. The van der Waals surface area contributed by atoms with Gasteiger partial charge in [-0.3, -0.25) is 57.5 Å². The first kappa shape index (κ1) is 104. The molecule has 1 fully saturated rings. The molecule has 1 aromatic rings. The second-order valence-corrected chi connectivity index (χ2v) is 34.2. The number of esters is 1. The van der Waals surface area contributed by atoms with Crippen LogP contribution >= 0.6 is 0 Å². The molecule has 0 spiro atoms. The number of aliphatic hydroxyl groups is 2. The van der Waals surface area contributed by atoms with E-state index in [2.05, 4.69) is 63.8 Å². The zero-order valence-corrected chi connectivity index (χ0v) is 72.2. The third-order valence-corrected chi connectivity index (χ3v) is 18.0. The molecule has 117 heavy (non-hydrogen) atoms. The summed E-state index contributed by atoms with van der Waals surface area (Å²) in [6.07, 6.45) is -9.38. The molecule has 1 heterocycles. The maximum atomic E-state index is 15.4. The molecule has 2 rings (SSSR count). The minimum atomic E-state index is -1.85. The fourth-order valence-electron chi connectivity index (χ4n) is 12.3. The molecule has 12 amide bonds. The lowest BCUT2D eigenvalue weighted by atomic mass is 9.90. The SMILES string of the molecule is CCCC(CCC)OC(=O)CCC(=O)N[C@@H](CCC)C(=O)C[C@H](C(=O)N[C@@H](CCNC(=O)OC(C)(C)C)C(=O)C[C@H]1CCNC(=O)[C@H](C(C)O)NC(=O)[C@H](CCNC(=O)OC(C)(C)C)CC(=O)[C@H](CCNC(=O)OC(C)(C)C)NC(=O)[C@H](CC(C)C)NC(=O)[C@@H](Cc2ccccc2)NC(=O)[C@H](CCNC(=O)OC(C)(C)C)NC1=O)C(C)O. The molecule has 1 aliphatic rings. The summed E-state index contributed by atoms with van der Waals surface area (Å²) < 4.78 is 27.3. The van der Waals surface area contributed by atoms with Crippen molar-refractivity contribution in [2.75, 3.05) is 32.7 Å². The van der Waals surface area contributed by atoms with Gasteiger partial charge in [-0.1, -0.05) is 84.2 Å². The molecular weight excluding hydrogens is 1520 g/mol. The second kappa shape index (κ2) is 50.9. The van der Waals surface area contributed by atoms with Crippen molar-refractivity contribution in [2.24, 2.45) is 23.7 Å². The maximum absolute atomic E-state index is 15.4. The minimum Gasteiger partial charge on any atom is -0.462 e. The molecule has 12 atom stereocenters. The third kappa shape index (κ3) is 44.0.